The molecule has 1 aliphatic rings. The van der Waals surface area contributed by atoms with Gasteiger partial charge in [-0.25, -0.2) is 0 Å². The minimum Gasteiger partial charge on any atom is -0.481 e. The number of hydrogen-bond donors (Lipinski definition) is 2. The lowest BCUT2D eigenvalue weighted by Crippen LogP contribution is -2.39. The van der Waals surface area contributed by atoms with E-state index in [1.54, 1.807) is 6.08 Å². The molecule has 0 bridgehead atoms. The van der Waals surface area contributed by atoms with Crippen molar-refractivity contribution in [3.63, 3.8) is 0 Å². The molecular weight excluding hydrogens is 356 g/mol. The summed E-state index contributed by atoms with van der Waals surface area (Å²) < 4.78 is 0.346. The lowest BCUT2D eigenvalue weighted by atomic mass is 10.3. The Balaban J connectivity index is 1.88. The summed E-state index contributed by atoms with van der Waals surface area (Å²) in [5, 5.41) is 13.0. The number of carboxylic acid groups (broad SMARTS) is 1. The van der Waals surface area contributed by atoms with E-state index >= 15 is 0 Å². The molecule has 0 atom stereocenters. The monoisotopic (exact) mass is 370 g/mol. The van der Waals surface area contributed by atoms with Gasteiger partial charge in [0.25, 0.3) is 5.91 Å². The van der Waals surface area contributed by atoms with E-state index in [1.807, 2.05) is 17.5 Å². The number of carboxylic acids is 1. The SMILES string of the molecule is O=C(O)CCCNC(=O)CN1C(=O)/C(=C/c2cccs2)SC1=S. The van der Waals surface area contributed by atoms with Crippen LogP contribution in [0, 0.1) is 0 Å². The molecule has 1 aromatic rings. The highest BCUT2D eigenvalue weighted by molar-refractivity contribution is 8.26. The maximum absolute atomic E-state index is 12.3. The van der Waals surface area contributed by atoms with Crippen LogP contribution >= 0.6 is 35.3 Å². The molecule has 9 heteroatoms. The fourth-order valence-electron chi connectivity index (χ4n) is 1.81. The number of carbonyl (C=O) groups is 3. The van der Waals surface area contributed by atoms with Gasteiger partial charge in [-0.15, -0.1) is 11.3 Å². The third-order valence-electron chi connectivity index (χ3n) is 2.88. The topological polar surface area (TPSA) is 86.7 Å². The zero-order chi connectivity index (χ0) is 16.8. The van der Waals surface area contributed by atoms with E-state index in [2.05, 4.69) is 5.32 Å². The van der Waals surface area contributed by atoms with E-state index < -0.39 is 5.97 Å². The van der Waals surface area contributed by atoms with Crippen molar-refractivity contribution in [3.8, 4) is 0 Å². The zero-order valence-corrected chi connectivity index (χ0v) is 14.4. The van der Waals surface area contributed by atoms with Gasteiger partial charge in [0.1, 0.15) is 10.9 Å². The van der Waals surface area contributed by atoms with Gasteiger partial charge in [-0.2, -0.15) is 0 Å². The number of nitrogens with one attached hydrogen (secondary N) is 1. The normalized spacial score (nSPS) is 16.2. The van der Waals surface area contributed by atoms with Crippen LogP contribution in [0.25, 0.3) is 6.08 Å². The molecule has 0 saturated carbocycles. The zero-order valence-electron chi connectivity index (χ0n) is 12.0. The summed E-state index contributed by atoms with van der Waals surface area (Å²) in [7, 11) is 0. The highest BCUT2D eigenvalue weighted by Gasteiger charge is 2.33. The van der Waals surface area contributed by atoms with Crippen molar-refractivity contribution in [1.29, 1.82) is 0 Å². The van der Waals surface area contributed by atoms with Gasteiger partial charge in [-0.3, -0.25) is 19.3 Å². The molecule has 23 heavy (non-hydrogen) atoms. The second-order valence-electron chi connectivity index (χ2n) is 4.63. The molecule has 0 aliphatic carbocycles. The first kappa shape index (κ1) is 17.6. The summed E-state index contributed by atoms with van der Waals surface area (Å²) in [6.07, 6.45) is 2.09. The predicted octanol–water partition coefficient (Wildman–Crippen LogP) is 1.93. The van der Waals surface area contributed by atoms with Gasteiger partial charge in [-0.1, -0.05) is 30.0 Å². The van der Waals surface area contributed by atoms with Gasteiger partial charge in [0, 0.05) is 17.8 Å². The summed E-state index contributed by atoms with van der Waals surface area (Å²) in [4.78, 5) is 37.2. The molecule has 1 aromatic heterocycles. The summed E-state index contributed by atoms with van der Waals surface area (Å²) in [5.74, 6) is -1.55. The standard InChI is InChI=1S/C14H14N2O4S3/c17-11(15-5-1-4-12(18)19)8-16-13(20)10(23-14(16)21)7-9-3-2-6-22-9/h2-3,6-7H,1,4-5,8H2,(H,15,17)(H,18,19)/b10-7-. The smallest absolute Gasteiger partial charge is 0.303 e. The molecule has 0 aromatic carbocycles. The average molecular weight is 370 g/mol. The van der Waals surface area contributed by atoms with Crippen LogP contribution in [-0.4, -0.2) is 45.2 Å². The third-order valence-corrected chi connectivity index (χ3v) is 5.08. The first-order valence-corrected chi connectivity index (χ1v) is 8.85. The van der Waals surface area contributed by atoms with Crippen LogP contribution in [-0.2, 0) is 14.4 Å². The Labute approximate surface area is 146 Å². The molecule has 6 nitrogen and oxygen atoms in total. The largest absolute Gasteiger partial charge is 0.481 e. The highest BCUT2D eigenvalue weighted by atomic mass is 32.2. The maximum atomic E-state index is 12.3. The minimum atomic E-state index is -0.907. The van der Waals surface area contributed by atoms with Crippen molar-refractivity contribution in [2.45, 2.75) is 12.8 Å². The number of aliphatic carboxylic acids is 1. The number of amides is 2. The second kappa shape index (κ2) is 8.23. The van der Waals surface area contributed by atoms with Crippen LogP contribution in [0.4, 0.5) is 0 Å². The van der Waals surface area contributed by atoms with Gasteiger partial charge >= 0.3 is 5.97 Å². The van der Waals surface area contributed by atoms with Crippen LogP contribution < -0.4 is 5.32 Å². The number of thiocarbonyl (C=S) groups is 1. The van der Waals surface area contributed by atoms with Crippen LogP contribution in [0.5, 0.6) is 0 Å². The lowest BCUT2D eigenvalue weighted by molar-refractivity contribution is -0.137. The van der Waals surface area contributed by atoms with Crippen molar-refractivity contribution in [2.75, 3.05) is 13.1 Å². The maximum Gasteiger partial charge on any atom is 0.303 e. The highest BCUT2D eigenvalue weighted by Crippen LogP contribution is 2.32. The van der Waals surface area contributed by atoms with Crippen molar-refractivity contribution >= 4 is 63.5 Å². The number of carbonyl (C=O) groups excluding carboxylic acids is 2. The van der Waals surface area contributed by atoms with E-state index in [0.717, 1.165) is 4.88 Å². The first-order chi connectivity index (χ1) is 11.0. The number of thiophene rings is 1. The Bertz CT molecular complexity index is 655. The molecule has 2 rings (SSSR count). The van der Waals surface area contributed by atoms with E-state index in [4.69, 9.17) is 17.3 Å². The van der Waals surface area contributed by atoms with Gasteiger partial charge in [0.2, 0.25) is 5.91 Å². The molecule has 0 radical (unpaired) electrons. The van der Waals surface area contributed by atoms with E-state index in [-0.39, 0.29) is 31.3 Å². The van der Waals surface area contributed by atoms with E-state index in [1.165, 1.54) is 28.0 Å². The molecule has 1 saturated heterocycles. The van der Waals surface area contributed by atoms with Crippen molar-refractivity contribution in [1.82, 2.24) is 10.2 Å². The fraction of sp³-hybridized carbons (Fsp3) is 0.286. The Morgan fingerprint density at radius 2 is 2.22 bits per heavy atom. The van der Waals surface area contributed by atoms with Crippen molar-refractivity contribution in [2.24, 2.45) is 0 Å². The Morgan fingerprint density at radius 1 is 1.43 bits per heavy atom. The van der Waals surface area contributed by atoms with Crippen LogP contribution in [0.2, 0.25) is 0 Å². The van der Waals surface area contributed by atoms with E-state index in [0.29, 0.717) is 15.6 Å². The number of nitrogens with zero attached hydrogens (tertiary/aromatic N) is 1. The summed E-state index contributed by atoms with van der Waals surface area (Å²) >= 11 is 7.84. The second-order valence-corrected chi connectivity index (χ2v) is 7.29. The predicted molar refractivity (Wildman–Crippen MR) is 94.1 cm³/mol. The summed E-state index contributed by atoms with van der Waals surface area (Å²) in [6.45, 7) is 0.102. The Kier molecular flexibility index (Phi) is 6.31. The molecule has 0 unspecified atom stereocenters. The van der Waals surface area contributed by atoms with Gasteiger partial charge in [0.15, 0.2) is 0 Å². The van der Waals surface area contributed by atoms with E-state index in [9.17, 15) is 14.4 Å². The van der Waals surface area contributed by atoms with Crippen molar-refractivity contribution in [3.05, 3.63) is 27.3 Å². The molecular formula is C14H14N2O4S3. The van der Waals surface area contributed by atoms with Gasteiger partial charge in [0.05, 0.1) is 4.91 Å². The van der Waals surface area contributed by atoms with Crippen LogP contribution in [0.3, 0.4) is 0 Å². The van der Waals surface area contributed by atoms with Crippen LogP contribution in [0.1, 0.15) is 17.7 Å². The molecule has 2 amide bonds. The summed E-state index contributed by atoms with van der Waals surface area (Å²) in [5.41, 5.74) is 0. The molecule has 1 aliphatic heterocycles. The summed E-state index contributed by atoms with van der Waals surface area (Å²) in [6, 6.07) is 3.79. The van der Waals surface area contributed by atoms with Gasteiger partial charge in [-0.05, 0) is 23.9 Å². The van der Waals surface area contributed by atoms with Crippen molar-refractivity contribution < 1.29 is 19.5 Å². The van der Waals surface area contributed by atoms with Gasteiger partial charge < -0.3 is 10.4 Å². The molecule has 2 heterocycles. The third kappa shape index (κ3) is 5.15. The molecule has 122 valence electrons. The minimum absolute atomic E-state index is 0.00904. The first-order valence-electron chi connectivity index (χ1n) is 6.74. The lowest BCUT2D eigenvalue weighted by Gasteiger charge is -2.13. The molecule has 0 spiro atoms. The number of rotatable bonds is 7. The number of hydrogen-bond acceptors (Lipinski definition) is 6. The van der Waals surface area contributed by atoms with Crippen LogP contribution in [0.15, 0.2) is 22.4 Å². The molecule has 2 N–H and O–H groups in total. The number of thioether (sulfide) groups is 1. The molecule has 1 fully saturated rings. The fourth-order valence-corrected chi connectivity index (χ4v) is 3.78. The average Bonchev–Trinajstić information content (AvgIpc) is 3.08. The Morgan fingerprint density at radius 3 is 2.87 bits per heavy atom. The Hall–Kier alpha value is -1.71. The quantitative estimate of drug-likeness (QED) is 0.433.